The first-order chi connectivity index (χ1) is 10.0. The number of ether oxygens (including phenoxy) is 1. The molecule has 2 aromatic rings. The molecular weight excluding hydrogens is 278 g/mol. The van der Waals surface area contributed by atoms with Gasteiger partial charge < -0.3 is 24.7 Å². The number of carbonyl (C=O) groups is 2. The van der Waals surface area contributed by atoms with Crippen molar-refractivity contribution < 1.29 is 29.0 Å². The number of hydrogen-bond acceptors (Lipinski definition) is 5. The van der Waals surface area contributed by atoms with Gasteiger partial charge in [0, 0.05) is 0 Å². The fourth-order valence-corrected chi connectivity index (χ4v) is 1.75. The molecule has 7 heteroatoms. The van der Waals surface area contributed by atoms with Crippen LogP contribution in [0.25, 0.3) is 0 Å². The van der Waals surface area contributed by atoms with E-state index in [9.17, 15) is 9.59 Å². The third-order valence-electron chi connectivity index (χ3n) is 2.77. The van der Waals surface area contributed by atoms with E-state index in [1.54, 1.807) is 0 Å². The van der Waals surface area contributed by atoms with Crippen LogP contribution in [0, 0.1) is 0 Å². The van der Waals surface area contributed by atoms with E-state index >= 15 is 0 Å². The summed E-state index contributed by atoms with van der Waals surface area (Å²) in [7, 11) is 1.47. The Morgan fingerprint density at radius 1 is 1.19 bits per heavy atom. The van der Waals surface area contributed by atoms with Crippen LogP contribution in [-0.2, 0) is 6.54 Å². The summed E-state index contributed by atoms with van der Waals surface area (Å²) in [5.41, 5.74) is 0.592. The molecule has 110 valence electrons. The molecule has 0 aliphatic rings. The van der Waals surface area contributed by atoms with Gasteiger partial charge in [-0.2, -0.15) is 0 Å². The molecule has 0 atom stereocenters. The highest BCUT2D eigenvalue weighted by atomic mass is 16.5. The number of carboxylic acid groups (broad SMARTS) is 2. The Hall–Kier alpha value is -2.96. The van der Waals surface area contributed by atoms with Gasteiger partial charge in [-0.3, -0.25) is 0 Å². The van der Waals surface area contributed by atoms with Crippen LogP contribution in [0.3, 0.4) is 0 Å². The average Bonchev–Trinajstić information content (AvgIpc) is 2.93. The van der Waals surface area contributed by atoms with Gasteiger partial charge in [0.15, 0.2) is 0 Å². The minimum atomic E-state index is -1.15. The number of rotatable bonds is 6. The Labute approximate surface area is 119 Å². The molecule has 7 nitrogen and oxygen atoms in total. The average molecular weight is 291 g/mol. The third kappa shape index (κ3) is 3.33. The largest absolute Gasteiger partial charge is 0.495 e. The van der Waals surface area contributed by atoms with Crippen molar-refractivity contribution in [1.29, 1.82) is 0 Å². The summed E-state index contributed by atoms with van der Waals surface area (Å²) >= 11 is 0. The van der Waals surface area contributed by atoms with Crippen molar-refractivity contribution in [3.63, 3.8) is 0 Å². The summed E-state index contributed by atoms with van der Waals surface area (Å²) < 4.78 is 10.2. The van der Waals surface area contributed by atoms with Gasteiger partial charge in [0.1, 0.15) is 11.5 Å². The number of methoxy groups -OCH3 is 1. The Morgan fingerprint density at radius 3 is 2.52 bits per heavy atom. The van der Waals surface area contributed by atoms with Gasteiger partial charge in [-0.25, -0.2) is 9.59 Å². The molecule has 1 aromatic carbocycles. The van der Waals surface area contributed by atoms with E-state index in [0.717, 1.165) is 0 Å². The minimum Gasteiger partial charge on any atom is -0.495 e. The highest BCUT2D eigenvalue weighted by Crippen LogP contribution is 2.26. The van der Waals surface area contributed by atoms with E-state index in [0.29, 0.717) is 17.2 Å². The monoisotopic (exact) mass is 291 g/mol. The van der Waals surface area contributed by atoms with E-state index in [2.05, 4.69) is 5.32 Å². The highest BCUT2D eigenvalue weighted by Gasteiger charge is 2.11. The lowest BCUT2D eigenvalue weighted by Crippen LogP contribution is -2.03. The summed E-state index contributed by atoms with van der Waals surface area (Å²) in [5.74, 6) is -1.46. The normalized spacial score (nSPS) is 10.1. The molecule has 0 spiro atoms. The highest BCUT2D eigenvalue weighted by molar-refractivity contribution is 5.89. The first-order valence-electron chi connectivity index (χ1n) is 5.98. The second-order valence-corrected chi connectivity index (χ2v) is 4.14. The van der Waals surface area contributed by atoms with Crippen molar-refractivity contribution in [3.8, 4) is 5.75 Å². The first-order valence-corrected chi connectivity index (χ1v) is 5.98. The molecule has 0 amide bonds. The van der Waals surface area contributed by atoms with Crippen LogP contribution >= 0.6 is 0 Å². The fourth-order valence-electron chi connectivity index (χ4n) is 1.75. The smallest absolute Gasteiger partial charge is 0.371 e. The van der Waals surface area contributed by atoms with Crippen molar-refractivity contribution >= 4 is 17.6 Å². The van der Waals surface area contributed by atoms with Crippen LogP contribution < -0.4 is 10.1 Å². The van der Waals surface area contributed by atoms with Gasteiger partial charge in [-0.15, -0.1) is 0 Å². The van der Waals surface area contributed by atoms with Crippen LogP contribution in [0.2, 0.25) is 0 Å². The SMILES string of the molecule is COc1ccc(C(=O)O)cc1NCc1ccc(C(=O)O)o1. The summed E-state index contributed by atoms with van der Waals surface area (Å²) in [6, 6.07) is 7.29. The molecule has 2 rings (SSSR count). The van der Waals surface area contributed by atoms with Gasteiger partial charge in [-0.05, 0) is 30.3 Å². The zero-order valence-corrected chi connectivity index (χ0v) is 11.1. The molecule has 0 saturated heterocycles. The van der Waals surface area contributed by atoms with E-state index in [1.807, 2.05) is 0 Å². The quantitative estimate of drug-likeness (QED) is 0.749. The van der Waals surface area contributed by atoms with E-state index in [1.165, 1.54) is 37.4 Å². The van der Waals surface area contributed by atoms with Crippen LogP contribution in [0.4, 0.5) is 5.69 Å². The Balaban J connectivity index is 2.15. The summed E-state index contributed by atoms with van der Waals surface area (Å²) in [5, 5.41) is 20.7. The zero-order valence-electron chi connectivity index (χ0n) is 11.1. The lowest BCUT2D eigenvalue weighted by atomic mass is 10.2. The van der Waals surface area contributed by atoms with Crippen molar-refractivity contribution in [2.75, 3.05) is 12.4 Å². The predicted octanol–water partition coefficient (Wildman–Crippen LogP) is 2.30. The second kappa shape index (κ2) is 6.00. The van der Waals surface area contributed by atoms with Gasteiger partial charge in [0.05, 0.1) is 24.9 Å². The topological polar surface area (TPSA) is 109 Å². The molecule has 0 saturated carbocycles. The van der Waals surface area contributed by atoms with Gasteiger partial charge in [0.2, 0.25) is 5.76 Å². The summed E-state index contributed by atoms with van der Waals surface area (Å²) in [6.45, 7) is 0.201. The molecule has 0 aliphatic carbocycles. The first kappa shape index (κ1) is 14.4. The Morgan fingerprint density at radius 2 is 1.95 bits per heavy atom. The number of carboxylic acids is 2. The Bertz CT molecular complexity index is 676. The van der Waals surface area contributed by atoms with Crippen molar-refractivity contribution in [1.82, 2.24) is 0 Å². The zero-order chi connectivity index (χ0) is 15.4. The van der Waals surface area contributed by atoms with Crippen molar-refractivity contribution in [2.45, 2.75) is 6.54 Å². The van der Waals surface area contributed by atoms with Crippen LogP contribution in [0.1, 0.15) is 26.7 Å². The molecule has 0 radical (unpaired) electrons. The molecule has 21 heavy (non-hydrogen) atoms. The molecule has 1 aromatic heterocycles. The molecule has 0 aliphatic heterocycles. The lowest BCUT2D eigenvalue weighted by molar-refractivity contribution is 0.0657. The number of anilines is 1. The van der Waals surface area contributed by atoms with Crippen LogP contribution in [-0.4, -0.2) is 29.3 Å². The number of hydrogen-bond donors (Lipinski definition) is 3. The second-order valence-electron chi connectivity index (χ2n) is 4.14. The van der Waals surface area contributed by atoms with E-state index in [4.69, 9.17) is 19.4 Å². The maximum absolute atomic E-state index is 11.0. The molecule has 0 fully saturated rings. The van der Waals surface area contributed by atoms with Gasteiger partial charge in [-0.1, -0.05) is 0 Å². The fraction of sp³-hybridized carbons (Fsp3) is 0.143. The minimum absolute atomic E-state index is 0.115. The molecule has 0 unspecified atom stereocenters. The molecular formula is C14H13NO6. The number of aromatic carboxylic acids is 2. The molecule has 0 bridgehead atoms. The maximum atomic E-state index is 11.0. The number of benzene rings is 1. The molecule has 1 heterocycles. The number of nitrogens with one attached hydrogen (secondary N) is 1. The predicted molar refractivity (Wildman–Crippen MR) is 72.9 cm³/mol. The maximum Gasteiger partial charge on any atom is 0.371 e. The summed E-state index contributed by atoms with van der Waals surface area (Å²) in [6.07, 6.45) is 0. The van der Waals surface area contributed by atoms with Gasteiger partial charge >= 0.3 is 11.9 Å². The molecule has 3 N–H and O–H groups in total. The van der Waals surface area contributed by atoms with Crippen molar-refractivity contribution in [2.24, 2.45) is 0 Å². The van der Waals surface area contributed by atoms with Crippen LogP contribution in [0.5, 0.6) is 5.75 Å². The number of furan rings is 1. The van der Waals surface area contributed by atoms with Crippen LogP contribution in [0.15, 0.2) is 34.7 Å². The van der Waals surface area contributed by atoms with Gasteiger partial charge in [0.25, 0.3) is 0 Å². The lowest BCUT2D eigenvalue weighted by Gasteiger charge is -2.11. The summed E-state index contributed by atoms with van der Waals surface area (Å²) in [4.78, 5) is 21.7. The Kier molecular flexibility index (Phi) is 4.13. The standard InChI is InChI=1S/C14H13NO6/c1-20-11-4-2-8(13(16)17)6-10(11)15-7-9-3-5-12(21-9)14(18)19/h2-6,15H,7H2,1H3,(H,16,17)(H,18,19). The third-order valence-corrected chi connectivity index (χ3v) is 2.77. The van der Waals surface area contributed by atoms with E-state index in [-0.39, 0.29) is 17.9 Å². The van der Waals surface area contributed by atoms with E-state index < -0.39 is 11.9 Å². The van der Waals surface area contributed by atoms with Crippen molar-refractivity contribution in [3.05, 3.63) is 47.4 Å².